The molecule has 0 bridgehead atoms. The van der Waals surface area contributed by atoms with Crippen LogP contribution in [0.1, 0.15) is 61.5 Å². The summed E-state index contributed by atoms with van der Waals surface area (Å²) in [6.07, 6.45) is 0.448. The second kappa shape index (κ2) is 9.14. The van der Waals surface area contributed by atoms with Gasteiger partial charge in [-0.05, 0) is 44.9 Å². The predicted octanol–water partition coefficient (Wildman–Crippen LogP) is 5.76. The van der Waals surface area contributed by atoms with Crippen molar-refractivity contribution in [1.29, 1.82) is 0 Å². The lowest BCUT2D eigenvalue weighted by molar-refractivity contribution is -0.138. The lowest BCUT2D eigenvalue weighted by Gasteiger charge is -2.19. The molecule has 0 fully saturated rings. The molecule has 1 amide bonds. The highest BCUT2D eigenvalue weighted by Gasteiger charge is 2.37. The van der Waals surface area contributed by atoms with Gasteiger partial charge in [0.25, 0.3) is 5.91 Å². The maximum absolute atomic E-state index is 13.7. The van der Waals surface area contributed by atoms with Crippen molar-refractivity contribution in [3.8, 4) is 11.5 Å². The van der Waals surface area contributed by atoms with E-state index in [9.17, 15) is 14.7 Å². The van der Waals surface area contributed by atoms with E-state index in [1.807, 2.05) is 64.1 Å². The molecule has 0 spiro atoms. The van der Waals surface area contributed by atoms with E-state index in [1.165, 1.54) is 0 Å². The summed E-state index contributed by atoms with van der Waals surface area (Å²) >= 11 is 0. The van der Waals surface area contributed by atoms with Gasteiger partial charge in [0.05, 0.1) is 30.7 Å². The monoisotopic (exact) mass is 447 g/mol. The molecule has 0 aliphatic carbocycles. The molecular weight excluding hydrogens is 418 g/mol. The van der Waals surface area contributed by atoms with Crippen LogP contribution in [0.25, 0.3) is 10.8 Å². The maximum atomic E-state index is 13.7. The lowest BCUT2D eigenvalue weighted by Crippen LogP contribution is -2.23. The van der Waals surface area contributed by atoms with Crippen LogP contribution in [0, 0.1) is 0 Å². The summed E-state index contributed by atoms with van der Waals surface area (Å²) in [4.78, 5) is 26.9. The summed E-state index contributed by atoms with van der Waals surface area (Å²) in [5.74, 6) is -0.264. The van der Waals surface area contributed by atoms with Gasteiger partial charge in [0.1, 0.15) is 11.5 Å². The number of hydrogen-bond acceptors (Lipinski definition) is 4. The van der Waals surface area contributed by atoms with Gasteiger partial charge in [-0.1, -0.05) is 43.3 Å². The van der Waals surface area contributed by atoms with Gasteiger partial charge in [0.15, 0.2) is 0 Å². The van der Waals surface area contributed by atoms with Gasteiger partial charge in [-0.3, -0.25) is 9.59 Å². The van der Waals surface area contributed by atoms with Gasteiger partial charge >= 0.3 is 5.97 Å². The van der Waals surface area contributed by atoms with Gasteiger partial charge in [-0.25, -0.2) is 0 Å². The van der Waals surface area contributed by atoms with Crippen LogP contribution in [0.3, 0.4) is 0 Å². The molecule has 0 saturated heterocycles. The van der Waals surface area contributed by atoms with Crippen molar-refractivity contribution in [2.24, 2.45) is 0 Å². The van der Waals surface area contributed by atoms with Crippen LogP contribution in [0.15, 0.2) is 48.5 Å². The van der Waals surface area contributed by atoms with Crippen molar-refractivity contribution in [3.05, 3.63) is 65.2 Å². The molecule has 0 saturated carbocycles. The molecule has 1 unspecified atom stereocenters. The number of fused-ring (bicyclic) bond motifs is 2. The van der Waals surface area contributed by atoms with Crippen LogP contribution >= 0.6 is 0 Å². The predicted molar refractivity (Wildman–Crippen MR) is 129 cm³/mol. The zero-order valence-electron chi connectivity index (χ0n) is 19.4. The summed E-state index contributed by atoms with van der Waals surface area (Å²) in [5.41, 5.74) is 2.79. The van der Waals surface area contributed by atoms with E-state index in [4.69, 9.17) is 9.47 Å². The third kappa shape index (κ3) is 4.01. The Morgan fingerprint density at radius 2 is 1.67 bits per heavy atom. The Labute approximate surface area is 193 Å². The van der Waals surface area contributed by atoms with Gasteiger partial charge in [0, 0.05) is 22.0 Å². The molecule has 1 N–H and O–H groups in total. The van der Waals surface area contributed by atoms with Crippen LogP contribution < -0.4 is 14.4 Å². The second-order valence-electron chi connectivity index (χ2n) is 8.44. The second-order valence-corrected chi connectivity index (χ2v) is 8.44. The number of nitrogens with zero attached hydrogens (tertiary/aromatic N) is 1. The molecule has 33 heavy (non-hydrogen) atoms. The number of hydrogen-bond donors (Lipinski definition) is 1. The Bertz CT molecular complexity index is 1200. The number of anilines is 1. The van der Waals surface area contributed by atoms with Crippen LogP contribution in [0.2, 0.25) is 0 Å². The van der Waals surface area contributed by atoms with Crippen molar-refractivity contribution in [2.75, 3.05) is 11.5 Å². The molecule has 3 aromatic rings. The summed E-state index contributed by atoms with van der Waals surface area (Å²) in [6.45, 7) is 8.49. The molecule has 172 valence electrons. The minimum absolute atomic E-state index is 0.0547. The smallest absolute Gasteiger partial charge is 0.310 e. The standard InChI is InChI=1S/C27H29NO5/c1-5-19(27(30)31)17-11-13-18(14-12-17)28-15-22-23(26(28)29)25(32-6-2)21-10-8-7-9-20(21)24(22)33-16(3)4/h7-14,16,19H,5-6,15H2,1-4H3,(H,30,31). The molecule has 6 nitrogen and oxygen atoms in total. The first-order valence-electron chi connectivity index (χ1n) is 11.4. The Morgan fingerprint density at radius 3 is 2.21 bits per heavy atom. The third-order valence-electron chi connectivity index (χ3n) is 5.95. The van der Waals surface area contributed by atoms with Crippen LogP contribution in [0.5, 0.6) is 11.5 Å². The highest BCUT2D eigenvalue weighted by molar-refractivity contribution is 6.16. The van der Waals surface area contributed by atoms with E-state index in [0.717, 1.165) is 21.9 Å². The van der Waals surface area contributed by atoms with Crippen LogP contribution in [-0.4, -0.2) is 29.7 Å². The number of benzene rings is 3. The fourth-order valence-corrected chi connectivity index (χ4v) is 4.48. The fraction of sp³-hybridized carbons (Fsp3) is 0.333. The number of aliphatic carboxylic acids is 1. The minimum atomic E-state index is -0.849. The largest absolute Gasteiger partial charge is 0.492 e. The number of rotatable bonds is 8. The Kier molecular flexibility index (Phi) is 6.27. The number of carbonyl (C=O) groups is 2. The zero-order chi connectivity index (χ0) is 23.7. The van der Waals surface area contributed by atoms with Crippen molar-refractivity contribution in [2.45, 2.75) is 52.7 Å². The normalized spacial score (nSPS) is 14.0. The molecule has 1 aliphatic heterocycles. The van der Waals surface area contributed by atoms with E-state index in [-0.39, 0.29) is 12.0 Å². The summed E-state index contributed by atoms with van der Waals surface area (Å²) in [5, 5.41) is 11.2. The van der Waals surface area contributed by atoms with Crippen LogP contribution in [0.4, 0.5) is 5.69 Å². The average Bonchev–Trinajstić information content (AvgIpc) is 3.13. The lowest BCUT2D eigenvalue weighted by atomic mass is 9.96. The van der Waals surface area contributed by atoms with E-state index in [1.54, 1.807) is 17.0 Å². The highest BCUT2D eigenvalue weighted by Crippen LogP contribution is 2.46. The molecule has 4 rings (SSSR count). The molecule has 1 aliphatic rings. The van der Waals surface area contributed by atoms with Gasteiger partial charge in [-0.15, -0.1) is 0 Å². The molecule has 6 heteroatoms. The number of carboxylic acids is 1. The van der Waals surface area contributed by atoms with Crippen molar-refractivity contribution >= 4 is 28.3 Å². The summed E-state index contributed by atoms with van der Waals surface area (Å²) in [7, 11) is 0. The molecule has 1 heterocycles. The zero-order valence-corrected chi connectivity index (χ0v) is 19.4. The quantitative estimate of drug-likeness (QED) is 0.475. The van der Waals surface area contributed by atoms with E-state index >= 15 is 0 Å². The molecule has 0 radical (unpaired) electrons. The van der Waals surface area contributed by atoms with Crippen molar-refractivity contribution in [3.63, 3.8) is 0 Å². The number of carbonyl (C=O) groups excluding carboxylic acids is 1. The van der Waals surface area contributed by atoms with Gasteiger partial charge in [-0.2, -0.15) is 0 Å². The maximum Gasteiger partial charge on any atom is 0.310 e. The van der Waals surface area contributed by atoms with Crippen LogP contribution in [-0.2, 0) is 11.3 Å². The van der Waals surface area contributed by atoms with E-state index in [2.05, 4.69) is 0 Å². The first-order chi connectivity index (χ1) is 15.9. The number of amides is 1. The Hall–Kier alpha value is -3.54. The minimum Gasteiger partial charge on any atom is -0.492 e. The first kappa shape index (κ1) is 22.6. The number of ether oxygens (including phenoxy) is 2. The first-order valence-corrected chi connectivity index (χ1v) is 11.4. The van der Waals surface area contributed by atoms with E-state index in [0.29, 0.717) is 42.3 Å². The average molecular weight is 448 g/mol. The molecule has 0 aromatic heterocycles. The number of carboxylic acid groups (broad SMARTS) is 1. The summed E-state index contributed by atoms with van der Waals surface area (Å²) in [6, 6.07) is 15.0. The molecular formula is C27H29NO5. The summed E-state index contributed by atoms with van der Waals surface area (Å²) < 4.78 is 12.2. The molecule has 1 atom stereocenters. The van der Waals surface area contributed by atoms with Crippen molar-refractivity contribution in [1.82, 2.24) is 0 Å². The Balaban J connectivity index is 1.82. The Morgan fingerprint density at radius 1 is 1.03 bits per heavy atom. The van der Waals surface area contributed by atoms with Gasteiger partial charge in [0.2, 0.25) is 0 Å². The fourth-order valence-electron chi connectivity index (χ4n) is 4.48. The third-order valence-corrected chi connectivity index (χ3v) is 5.95. The van der Waals surface area contributed by atoms with Crippen molar-refractivity contribution < 1.29 is 24.2 Å². The van der Waals surface area contributed by atoms with E-state index < -0.39 is 11.9 Å². The SMILES string of the molecule is CCOc1c2c(c(OC(C)C)c3ccccc13)CN(c1ccc(C(CC)C(=O)O)cc1)C2=O. The topological polar surface area (TPSA) is 76.1 Å². The highest BCUT2D eigenvalue weighted by atomic mass is 16.5. The van der Waals surface area contributed by atoms with Gasteiger partial charge < -0.3 is 19.5 Å². The molecule has 3 aromatic carbocycles.